The number of carbonyl (C=O) groups is 3. The Hall–Kier alpha value is -2.74. The fraction of sp³-hybridized carbons (Fsp3) is 0.188. The van der Waals surface area contributed by atoms with Crippen molar-refractivity contribution in [2.75, 3.05) is 23.5 Å². The lowest BCUT2D eigenvalue weighted by atomic mass is 10.1. The fourth-order valence-corrected chi connectivity index (χ4v) is 3.16. The van der Waals surface area contributed by atoms with Crippen LogP contribution in [0.3, 0.4) is 0 Å². The average Bonchev–Trinajstić information content (AvgIpc) is 2.93. The van der Waals surface area contributed by atoms with Crippen LogP contribution in [-0.4, -0.2) is 35.6 Å². The van der Waals surface area contributed by atoms with E-state index < -0.39 is 5.97 Å². The highest BCUT2D eigenvalue weighted by Crippen LogP contribution is 2.32. The van der Waals surface area contributed by atoms with Crippen molar-refractivity contribution in [2.24, 2.45) is 0 Å². The van der Waals surface area contributed by atoms with E-state index in [1.807, 2.05) is 0 Å². The first-order chi connectivity index (χ1) is 11.5. The first-order valence-corrected chi connectivity index (χ1v) is 8.12. The van der Waals surface area contributed by atoms with E-state index in [9.17, 15) is 14.4 Å². The molecule has 1 aliphatic heterocycles. The number of fused-ring (bicyclic) bond motifs is 1. The van der Waals surface area contributed by atoms with Gasteiger partial charge in [-0.25, -0.2) is 4.79 Å². The van der Waals surface area contributed by atoms with Crippen molar-refractivity contribution in [2.45, 2.75) is 11.8 Å². The Labute approximate surface area is 142 Å². The van der Waals surface area contributed by atoms with Crippen LogP contribution in [0, 0.1) is 6.92 Å². The van der Waals surface area contributed by atoms with Crippen LogP contribution in [0.25, 0.3) is 0 Å². The van der Waals surface area contributed by atoms with E-state index in [0.717, 1.165) is 10.6 Å². The van der Waals surface area contributed by atoms with Crippen LogP contribution in [0.15, 0.2) is 29.2 Å². The second-order valence-electron chi connectivity index (χ2n) is 5.23. The number of rotatable bonds is 3. The molecule has 0 aliphatic carbocycles. The van der Waals surface area contributed by atoms with Crippen LogP contribution in [0.1, 0.15) is 26.5 Å². The van der Waals surface area contributed by atoms with Crippen molar-refractivity contribution in [3.05, 3.63) is 41.2 Å². The number of aromatic amines is 1. The standard InChI is InChI=1S/C16H15N3O4S/c1-8-5-11(14(17-8)16(22)23-2)19-15(21)9-3-4-12-10(6-9)18-13(20)7-24-12/h3-6,17H,7H2,1-2H3,(H,18,20)(H,19,21). The number of anilines is 2. The zero-order valence-corrected chi connectivity index (χ0v) is 13.9. The number of thioether (sulfide) groups is 1. The SMILES string of the molecule is COC(=O)c1[nH]c(C)cc1NC(=O)c1ccc2c(c1)NC(=O)CS2. The van der Waals surface area contributed by atoms with Gasteiger partial charge in [-0.2, -0.15) is 0 Å². The summed E-state index contributed by atoms with van der Waals surface area (Å²) in [5, 5.41) is 5.43. The number of carbonyl (C=O) groups excluding carboxylic acids is 3. The molecule has 0 fully saturated rings. The zero-order chi connectivity index (χ0) is 17.3. The van der Waals surface area contributed by atoms with E-state index in [1.165, 1.54) is 18.9 Å². The lowest BCUT2D eigenvalue weighted by molar-refractivity contribution is -0.113. The molecule has 2 amide bonds. The van der Waals surface area contributed by atoms with Crippen molar-refractivity contribution in [3.8, 4) is 0 Å². The van der Waals surface area contributed by atoms with E-state index in [-0.39, 0.29) is 17.5 Å². The summed E-state index contributed by atoms with van der Waals surface area (Å²) in [6.07, 6.45) is 0. The molecule has 7 nitrogen and oxygen atoms in total. The zero-order valence-electron chi connectivity index (χ0n) is 13.1. The molecule has 24 heavy (non-hydrogen) atoms. The summed E-state index contributed by atoms with van der Waals surface area (Å²) in [5.41, 5.74) is 2.25. The Morgan fingerprint density at radius 2 is 2.08 bits per heavy atom. The van der Waals surface area contributed by atoms with Gasteiger partial charge in [-0.3, -0.25) is 9.59 Å². The lowest BCUT2D eigenvalue weighted by Crippen LogP contribution is -2.20. The van der Waals surface area contributed by atoms with Crippen LogP contribution >= 0.6 is 11.8 Å². The van der Waals surface area contributed by atoms with Gasteiger partial charge in [-0.05, 0) is 31.2 Å². The summed E-state index contributed by atoms with van der Waals surface area (Å²) >= 11 is 1.42. The summed E-state index contributed by atoms with van der Waals surface area (Å²) < 4.78 is 4.69. The van der Waals surface area contributed by atoms with Gasteiger partial charge < -0.3 is 20.4 Å². The van der Waals surface area contributed by atoms with Gasteiger partial charge in [0.05, 0.1) is 24.2 Å². The fourth-order valence-electron chi connectivity index (χ4n) is 2.37. The smallest absolute Gasteiger partial charge is 0.356 e. The molecule has 0 saturated heterocycles. The third-order valence-corrected chi connectivity index (χ3v) is 4.54. The van der Waals surface area contributed by atoms with Crippen molar-refractivity contribution in [1.82, 2.24) is 4.98 Å². The van der Waals surface area contributed by atoms with Crippen LogP contribution < -0.4 is 10.6 Å². The molecular formula is C16H15N3O4S. The molecule has 8 heteroatoms. The molecule has 1 aromatic carbocycles. The van der Waals surface area contributed by atoms with Gasteiger partial charge >= 0.3 is 5.97 Å². The van der Waals surface area contributed by atoms with E-state index in [4.69, 9.17) is 4.74 Å². The molecule has 1 aromatic heterocycles. The van der Waals surface area contributed by atoms with Crippen LogP contribution in [0.5, 0.6) is 0 Å². The molecule has 1 aliphatic rings. The predicted octanol–water partition coefficient (Wildman–Crippen LogP) is 2.41. The maximum Gasteiger partial charge on any atom is 0.356 e. The van der Waals surface area contributed by atoms with Gasteiger partial charge in [-0.1, -0.05) is 0 Å². The largest absolute Gasteiger partial charge is 0.464 e. The number of H-pyrrole nitrogens is 1. The minimum Gasteiger partial charge on any atom is -0.464 e. The number of methoxy groups -OCH3 is 1. The second-order valence-corrected chi connectivity index (χ2v) is 6.25. The van der Waals surface area contributed by atoms with Gasteiger partial charge in [0.25, 0.3) is 5.91 Å². The number of hydrogen-bond donors (Lipinski definition) is 3. The topological polar surface area (TPSA) is 100 Å². The van der Waals surface area contributed by atoms with E-state index in [2.05, 4.69) is 15.6 Å². The molecule has 0 atom stereocenters. The number of ether oxygens (including phenoxy) is 1. The summed E-state index contributed by atoms with van der Waals surface area (Å²) in [4.78, 5) is 39.4. The number of esters is 1. The van der Waals surface area contributed by atoms with Crippen molar-refractivity contribution >= 4 is 40.9 Å². The van der Waals surface area contributed by atoms with Gasteiger partial charge in [-0.15, -0.1) is 11.8 Å². The van der Waals surface area contributed by atoms with Crippen molar-refractivity contribution in [3.63, 3.8) is 0 Å². The molecule has 3 N–H and O–H groups in total. The monoisotopic (exact) mass is 345 g/mol. The van der Waals surface area contributed by atoms with E-state index >= 15 is 0 Å². The summed E-state index contributed by atoms with van der Waals surface area (Å²) in [6, 6.07) is 6.74. The Morgan fingerprint density at radius 1 is 1.29 bits per heavy atom. The highest BCUT2D eigenvalue weighted by Gasteiger charge is 2.20. The van der Waals surface area contributed by atoms with Crippen LogP contribution in [-0.2, 0) is 9.53 Å². The first kappa shape index (κ1) is 16.1. The number of benzene rings is 1. The van der Waals surface area contributed by atoms with Gasteiger partial charge in [0, 0.05) is 16.2 Å². The van der Waals surface area contributed by atoms with E-state index in [0.29, 0.717) is 22.7 Å². The van der Waals surface area contributed by atoms with Gasteiger partial charge in [0.1, 0.15) is 5.69 Å². The molecule has 0 unspecified atom stereocenters. The van der Waals surface area contributed by atoms with Gasteiger partial charge in [0.15, 0.2) is 0 Å². The lowest BCUT2D eigenvalue weighted by Gasteiger charge is -2.16. The van der Waals surface area contributed by atoms with Crippen molar-refractivity contribution < 1.29 is 19.1 Å². The third kappa shape index (κ3) is 3.13. The molecular weight excluding hydrogens is 330 g/mol. The molecule has 3 rings (SSSR count). The summed E-state index contributed by atoms with van der Waals surface area (Å²) in [7, 11) is 1.27. The number of aryl methyl sites for hydroxylation is 1. The number of nitrogens with one attached hydrogen (secondary N) is 3. The molecule has 2 heterocycles. The molecule has 2 aromatic rings. The number of amides is 2. The highest BCUT2D eigenvalue weighted by atomic mass is 32.2. The van der Waals surface area contributed by atoms with E-state index in [1.54, 1.807) is 31.2 Å². The van der Waals surface area contributed by atoms with Crippen LogP contribution in [0.4, 0.5) is 11.4 Å². The molecule has 0 bridgehead atoms. The maximum absolute atomic E-state index is 12.5. The normalized spacial score (nSPS) is 13.0. The molecule has 0 spiro atoms. The minimum atomic E-state index is -0.562. The molecule has 124 valence electrons. The maximum atomic E-state index is 12.5. The second kappa shape index (κ2) is 6.40. The average molecular weight is 345 g/mol. The Bertz CT molecular complexity index is 844. The summed E-state index contributed by atoms with van der Waals surface area (Å²) in [6.45, 7) is 1.77. The summed E-state index contributed by atoms with van der Waals surface area (Å²) in [5.74, 6) is -0.678. The quantitative estimate of drug-likeness (QED) is 0.742. The first-order valence-electron chi connectivity index (χ1n) is 7.14. The highest BCUT2D eigenvalue weighted by molar-refractivity contribution is 8.00. The minimum absolute atomic E-state index is 0.0979. The van der Waals surface area contributed by atoms with Crippen molar-refractivity contribution in [1.29, 1.82) is 0 Å². The molecule has 0 radical (unpaired) electrons. The number of aromatic nitrogens is 1. The number of hydrogen-bond acceptors (Lipinski definition) is 5. The predicted molar refractivity (Wildman–Crippen MR) is 90.6 cm³/mol. The Kier molecular flexibility index (Phi) is 4.30. The molecule has 0 saturated carbocycles. The Morgan fingerprint density at radius 3 is 2.83 bits per heavy atom. The van der Waals surface area contributed by atoms with Gasteiger partial charge in [0.2, 0.25) is 5.91 Å². The van der Waals surface area contributed by atoms with Crippen LogP contribution in [0.2, 0.25) is 0 Å². The third-order valence-electron chi connectivity index (χ3n) is 3.46. The Balaban J connectivity index is 1.85.